The first-order valence-corrected chi connectivity index (χ1v) is 7.52. The third-order valence-electron chi connectivity index (χ3n) is 3.06. The largest absolute Gasteiger partial charge is 0.497 e. The standard InChI is InChI=1S/C14H16INO2/c1-18-10-5-6-14-11(8-10)12(9-17)13(16-14)4-2-3-7-15/h5-6,8-9,16H,2-4,7H2,1H3. The van der Waals surface area contributed by atoms with Crippen molar-refractivity contribution in [2.75, 3.05) is 11.5 Å². The molecule has 0 spiro atoms. The summed E-state index contributed by atoms with van der Waals surface area (Å²) in [4.78, 5) is 14.6. The number of aromatic amines is 1. The highest BCUT2D eigenvalue weighted by Gasteiger charge is 2.11. The van der Waals surface area contributed by atoms with Crippen LogP contribution in [0.25, 0.3) is 10.9 Å². The fourth-order valence-electron chi connectivity index (χ4n) is 2.10. The molecule has 18 heavy (non-hydrogen) atoms. The molecule has 0 bridgehead atoms. The van der Waals surface area contributed by atoms with Gasteiger partial charge < -0.3 is 9.72 Å². The molecule has 2 rings (SSSR count). The van der Waals surface area contributed by atoms with Crippen LogP contribution in [0.15, 0.2) is 18.2 Å². The molecular formula is C14H16INO2. The number of carbonyl (C=O) groups is 1. The molecule has 0 saturated heterocycles. The van der Waals surface area contributed by atoms with Crippen LogP contribution in [0.2, 0.25) is 0 Å². The molecule has 3 nitrogen and oxygen atoms in total. The fourth-order valence-corrected chi connectivity index (χ4v) is 2.64. The lowest BCUT2D eigenvalue weighted by Gasteiger charge is -1.99. The zero-order valence-electron chi connectivity index (χ0n) is 10.3. The van der Waals surface area contributed by atoms with E-state index in [0.717, 1.165) is 51.5 Å². The number of benzene rings is 1. The predicted molar refractivity (Wildman–Crippen MR) is 82.1 cm³/mol. The van der Waals surface area contributed by atoms with Crippen molar-refractivity contribution in [3.8, 4) is 5.75 Å². The van der Waals surface area contributed by atoms with Gasteiger partial charge in [-0.25, -0.2) is 0 Å². The van der Waals surface area contributed by atoms with Crippen LogP contribution in [0.4, 0.5) is 0 Å². The summed E-state index contributed by atoms with van der Waals surface area (Å²) in [5.41, 5.74) is 2.82. The maximum Gasteiger partial charge on any atom is 0.152 e. The number of unbranched alkanes of at least 4 members (excludes halogenated alkanes) is 1. The number of methoxy groups -OCH3 is 1. The topological polar surface area (TPSA) is 42.1 Å². The molecule has 0 fully saturated rings. The zero-order chi connectivity index (χ0) is 13.0. The number of carbonyl (C=O) groups excluding carboxylic acids is 1. The van der Waals surface area contributed by atoms with Crippen LogP contribution in [-0.2, 0) is 6.42 Å². The Morgan fingerprint density at radius 2 is 2.22 bits per heavy atom. The minimum absolute atomic E-state index is 0.775. The number of aldehydes is 1. The van der Waals surface area contributed by atoms with E-state index in [0.29, 0.717) is 0 Å². The average molecular weight is 357 g/mol. The number of nitrogens with one attached hydrogen (secondary N) is 1. The van der Waals surface area contributed by atoms with Gasteiger partial charge in [0.1, 0.15) is 5.75 Å². The lowest BCUT2D eigenvalue weighted by atomic mass is 10.1. The second kappa shape index (κ2) is 6.22. The van der Waals surface area contributed by atoms with E-state index in [4.69, 9.17) is 4.74 Å². The number of halogens is 1. The SMILES string of the molecule is COc1ccc2[nH]c(CCCCI)c(C=O)c2c1. The van der Waals surface area contributed by atoms with E-state index >= 15 is 0 Å². The van der Waals surface area contributed by atoms with Crippen LogP contribution in [0.5, 0.6) is 5.75 Å². The Bertz CT molecular complexity index is 548. The summed E-state index contributed by atoms with van der Waals surface area (Å²) in [6.07, 6.45) is 4.15. The Kier molecular flexibility index (Phi) is 4.63. The average Bonchev–Trinajstić information content (AvgIpc) is 2.75. The molecular weight excluding hydrogens is 341 g/mol. The first-order chi connectivity index (χ1) is 8.80. The van der Waals surface area contributed by atoms with Gasteiger partial charge in [0.15, 0.2) is 6.29 Å². The molecule has 0 unspecified atom stereocenters. The third-order valence-corrected chi connectivity index (χ3v) is 3.82. The van der Waals surface area contributed by atoms with Crippen molar-refractivity contribution in [1.29, 1.82) is 0 Å². The number of aromatic nitrogens is 1. The van der Waals surface area contributed by atoms with Crippen LogP contribution in [0.3, 0.4) is 0 Å². The van der Waals surface area contributed by atoms with Crippen molar-refractivity contribution < 1.29 is 9.53 Å². The lowest BCUT2D eigenvalue weighted by Crippen LogP contribution is -1.91. The maximum absolute atomic E-state index is 11.3. The Balaban J connectivity index is 2.38. The summed E-state index contributed by atoms with van der Waals surface area (Å²) in [5, 5.41) is 0.953. The van der Waals surface area contributed by atoms with E-state index in [1.165, 1.54) is 6.42 Å². The Morgan fingerprint density at radius 1 is 1.39 bits per heavy atom. The van der Waals surface area contributed by atoms with Gasteiger partial charge in [-0.1, -0.05) is 22.6 Å². The van der Waals surface area contributed by atoms with Crippen molar-refractivity contribution >= 4 is 39.8 Å². The van der Waals surface area contributed by atoms with Gasteiger partial charge in [0.2, 0.25) is 0 Å². The molecule has 0 aliphatic carbocycles. The van der Waals surface area contributed by atoms with Gasteiger partial charge in [-0.2, -0.15) is 0 Å². The number of fused-ring (bicyclic) bond motifs is 1. The first kappa shape index (κ1) is 13.4. The molecule has 4 heteroatoms. The molecule has 0 radical (unpaired) electrons. The van der Waals surface area contributed by atoms with E-state index in [1.807, 2.05) is 18.2 Å². The van der Waals surface area contributed by atoms with E-state index in [1.54, 1.807) is 7.11 Å². The van der Waals surface area contributed by atoms with E-state index in [9.17, 15) is 4.79 Å². The minimum Gasteiger partial charge on any atom is -0.497 e. The number of hydrogen-bond acceptors (Lipinski definition) is 2. The zero-order valence-corrected chi connectivity index (χ0v) is 12.5. The predicted octanol–water partition coefficient (Wildman–Crippen LogP) is 3.75. The lowest BCUT2D eigenvalue weighted by molar-refractivity contribution is 0.112. The van der Waals surface area contributed by atoms with Gasteiger partial charge in [0.25, 0.3) is 0 Å². The van der Waals surface area contributed by atoms with Crippen molar-refractivity contribution in [3.63, 3.8) is 0 Å². The van der Waals surface area contributed by atoms with E-state index in [2.05, 4.69) is 27.6 Å². The highest BCUT2D eigenvalue weighted by atomic mass is 127. The summed E-state index contributed by atoms with van der Waals surface area (Å²) < 4.78 is 6.35. The van der Waals surface area contributed by atoms with Crippen LogP contribution >= 0.6 is 22.6 Å². The molecule has 1 heterocycles. The normalized spacial score (nSPS) is 10.8. The summed E-state index contributed by atoms with van der Waals surface area (Å²) in [6, 6.07) is 5.78. The number of aryl methyl sites for hydroxylation is 1. The van der Waals surface area contributed by atoms with Gasteiger partial charge in [-0.3, -0.25) is 4.79 Å². The molecule has 0 aliphatic heterocycles. The maximum atomic E-state index is 11.3. The van der Waals surface area contributed by atoms with E-state index in [-0.39, 0.29) is 0 Å². The second-order valence-corrected chi connectivity index (χ2v) is 5.27. The third kappa shape index (κ3) is 2.68. The van der Waals surface area contributed by atoms with Crippen LogP contribution in [-0.4, -0.2) is 22.8 Å². The fraction of sp³-hybridized carbons (Fsp3) is 0.357. The summed E-state index contributed by atoms with van der Waals surface area (Å²) in [7, 11) is 1.63. The molecule has 0 amide bonds. The highest BCUT2D eigenvalue weighted by molar-refractivity contribution is 14.1. The number of hydrogen-bond donors (Lipinski definition) is 1. The number of rotatable bonds is 6. The van der Waals surface area contributed by atoms with Gasteiger partial charge in [-0.05, 0) is 41.9 Å². The van der Waals surface area contributed by atoms with Gasteiger partial charge in [0, 0.05) is 22.2 Å². The number of ether oxygens (including phenoxy) is 1. The molecule has 96 valence electrons. The first-order valence-electron chi connectivity index (χ1n) is 6.00. The minimum atomic E-state index is 0.775. The molecule has 2 aromatic rings. The molecule has 0 saturated carbocycles. The monoisotopic (exact) mass is 357 g/mol. The van der Waals surface area contributed by atoms with Crippen LogP contribution in [0, 0.1) is 0 Å². The highest BCUT2D eigenvalue weighted by Crippen LogP contribution is 2.26. The summed E-state index contributed by atoms with van der Waals surface area (Å²) >= 11 is 2.38. The van der Waals surface area contributed by atoms with Crippen molar-refractivity contribution in [2.24, 2.45) is 0 Å². The number of alkyl halides is 1. The summed E-state index contributed by atoms with van der Waals surface area (Å²) in [6.45, 7) is 0. The Labute approximate surface area is 120 Å². The smallest absolute Gasteiger partial charge is 0.152 e. The number of H-pyrrole nitrogens is 1. The molecule has 1 N–H and O–H groups in total. The second-order valence-electron chi connectivity index (χ2n) is 4.19. The van der Waals surface area contributed by atoms with Gasteiger partial charge >= 0.3 is 0 Å². The molecule has 1 aromatic heterocycles. The van der Waals surface area contributed by atoms with Crippen LogP contribution in [0.1, 0.15) is 28.9 Å². The molecule has 0 aliphatic rings. The summed E-state index contributed by atoms with van der Waals surface area (Å²) in [5.74, 6) is 0.781. The Hall–Kier alpha value is -1.04. The molecule has 1 aromatic carbocycles. The van der Waals surface area contributed by atoms with E-state index < -0.39 is 0 Å². The van der Waals surface area contributed by atoms with Crippen molar-refractivity contribution in [2.45, 2.75) is 19.3 Å². The van der Waals surface area contributed by atoms with Gasteiger partial charge in [-0.15, -0.1) is 0 Å². The van der Waals surface area contributed by atoms with Crippen molar-refractivity contribution in [1.82, 2.24) is 4.98 Å². The van der Waals surface area contributed by atoms with Gasteiger partial charge in [0.05, 0.1) is 7.11 Å². The van der Waals surface area contributed by atoms with Crippen molar-refractivity contribution in [3.05, 3.63) is 29.5 Å². The quantitative estimate of drug-likeness (QED) is 0.370. The Morgan fingerprint density at radius 3 is 2.89 bits per heavy atom. The van der Waals surface area contributed by atoms with Crippen LogP contribution < -0.4 is 4.74 Å². The molecule has 0 atom stereocenters.